The van der Waals surface area contributed by atoms with Gasteiger partial charge in [-0.3, -0.25) is 9.59 Å². The lowest BCUT2D eigenvalue weighted by molar-refractivity contribution is -0.136. The number of carbonyl (C=O) groups is 3. The van der Waals surface area contributed by atoms with Gasteiger partial charge in [-0.15, -0.1) is 0 Å². The number of ether oxygens (including phenoxy) is 3. The van der Waals surface area contributed by atoms with E-state index in [9.17, 15) is 14.4 Å². The van der Waals surface area contributed by atoms with Crippen LogP contribution in [0.5, 0.6) is 11.5 Å². The van der Waals surface area contributed by atoms with Crippen molar-refractivity contribution in [2.24, 2.45) is 5.92 Å². The molecule has 174 valence electrons. The number of fused-ring (bicyclic) bond motifs is 1. The predicted octanol–water partition coefficient (Wildman–Crippen LogP) is 2.91. The van der Waals surface area contributed by atoms with Crippen molar-refractivity contribution in [3.05, 3.63) is 54.1 Å². The van der Waals surface area contributed by atoms with Gasteiger partial charge in [0.05, 0.1) is 0 Å². The Labute approximate surface area is 192 Å². The Hall–Kier alpha value is -3.75. The maximum Gasteiger partial charge on any atom is 0.408 e. The molecule has 1 saturated heterocycles. The summed E-state index contributed by atoms with van der Waals surface area (Å²) < 4.78 is 15.8. The summed E-state index contributed by atoms with van der Waals surface area (Å²) in [6, 6.07) is 13.9. The third-order valence-corrected chi connectivity index (χ3v) is 5.74. The zero-order valence-electron chi connectivity index (χ0n) is 18.4. The van der Waals surface area contributed by atoms with Crippen LogP contribution in [0, 0.1) is 5.92 Å². The maximum atomic E-state index is 12.7. The second kappa shape index (κ2) is 10.2. The van der Waals surface area contributed by atoms with Crippen molar-refractivity contribution < 1.29 is 28.6 Å². The molecule has 0 aromatic heterocycles. The average molecular weight is 453 g/mol. The molecule has 3 amide bonds. The van der Waals surface area contributed by atoms with Crippen LogP contribution in [0.3, 0.4) is 0 Å². The molecule has 2 aromatic rings. The van der Waals surface area contributed by atoms with E-state index in [1.165, 1.54) is 0 Å². The van der Waals surface area contributed by atoms with Gasteiger partial charge >= 0.3 is 6.09 Å². The SMILES string of the molecule is CC(NC(=O)OCc1ccccc1)C(=O)N1CCC(C(=O)Nc2ccc3c(c2)OCO3)CC1. The van der Waals surface area contributed by atoms with E-state index < -0.39 is 12.1 Å². The summed E-state index contributed by atoms with van der Waals surface area (Å²) in [4.78, 5) is 39.1. The van der Waals surface area contributed by atoms with E-state index >= 15 is 0 Å². The lowest BCUT2D eigenvalue weighted by Crippen LogP contribution is -2.50. The van der Waals surface area contributed by atoms with Gasteiger partial charge in [0.15, 0.2) is 11.5 Å². The summed E-state index contributed by atoms with van der Waals surface area (Å²) in [7, 11) is 0. The van der Waals surface area contributed by atoms with Crippen molar-refractivity contribution in [2.75, 3.05) is 25.2 Å². The molecule has 0 spiro atoms. The van der Waals surface area contributed by atoms with Crippen LogP contribution in [0.15, 0.2) is 48.5 Å². The van der Waals surface area contributed by atoms with Gasteiger partial charge in [-0.2, -0.15) is 0 Å². The molecule has 4 rings (SSSR count). The minimum Gasteiger partial charge on any atom is -0.454 e. The summed E-state index contributed by atoms with van der Waals surface area (Å²) in [5.41, 5.74) is 1.52. The largest absolute Gasteiger partial charge is 0.454 e. The first-order chi connectivity index (χ1) is 16.0. The molecule has 1 unspecified atom stereocenters. The Morgan fingerprint density at radius 2 is 1.79 bits per heavy atom. The van der Waals surface area contributed by atoms with Crippen molar-refractivity contribution >= 4 is 23.6 Å². The molecular formula is C24H27N3O6. The lowest BCUT2D eigenvalue weighted by atomic mass is 9.95. The smallest absolute Gasteiger partial charge is 0.408 e. The number of hydrogen-bond donors (Lipinski definition) is 2. The minimum absolute atomic E-state index is 0.0865. The molecule has 1 atom stereocenters. The second-order valence-electron chi connectivity index (χ2n) is 8.08. The molecule has 9 heteroatoms. The lowest BCUT2D eigenvalue weighted by Gasteiger charge is -2.33. The fourth-order valence-corrected chi connectivity index (χ4v) is 3.86. The summed E-state index contributed by atoms with van der Waals surface area (Å²) >= 11 is 0. The molecular weight excluding hydrogens is 426 g/mol. The standard InChI is InChI=1S/C24H27N3O6/c1-16(25-24(30)31-14-17-5-3-2-4-6-17)23(29)27-11-9-18(10-12-27)22(28)26-19-7-8-20-21(13-19)33-15-32-20/h2-8,13,16,18H,9-12,14-15H2,1H3,(H,25,30)(H,26,28). The topological polar surface area (TPSA) is 106 Å². The van der Waals surface area contributed by atoms with Crippen LogP contribution in [0.1, 0.15) is 25.3 Å². The number of piperidine rings is 1. The number of amides is 3. The average Bonchev–Trinajstić information content (AvgIpc) is 3.31. The van der Waals surface area contributed by atoms with Gasteiger partial charge in [-0.05, 0) is 37.5 Å². The summed E-state index contributed by atoms with van der Waals surface area (Å²) in [6.45, 7) is 2.84. The van der Waals surface area contributed by atoms with Crippen LogP contribution in [0.4, 0.5) is 10.5 Å². The molecule has 33 heavy (non-hydrogen) atoms. The van der Waals surface area contributed by atoms with E-state index in [0.29, 0.717) is 43.1 Å². The Kier molecular flexibility index (Phi) is 6.97. The van der Waals surface area contributed by atoms with Gasteiger partial charge in [-0.25, -0.2) is 4.79 Å². The highest BCUT2D eigenvalue weighted by Crippen LogP contribution is 2.34. The second-order valence-corrected chi connectivity index (χ2v) is 8.08. The van der Waals surface area contributed by atoms with Crippen LogP contribution in [-0.4, -0.2) is 48.7 Å². The Morgan fingerprint density at radius 1 is 1.06 bits per heavy atom. The van der Waals surface area contributed by atoms with E-state index in [1.54, 1.807) is 30.0 Å². The van der Waals surface area contributed by atoms with E-state index in [0.717, 1.165) is 5.56 Å². The van der Waals surface area contributed by atoms with Gasteiger partial charge in [0.2, 0.25) is 18.6 Å². The van der Waals surface area contributed by atoms with Crippen LogP contribution in [-0.2, 0) is 20.9 Å². The van der Waals surface area contributed by atoms with E-state index in [1.807, 2.05) is 30.3 Å². The Balaban J connectivity index is 1.20. The quantitative estimate of drug-likeness (QED) is 0.697. The van der Waals surface area contributed by atoms with Gasteiger partial charge < -0.3 is 29.7 Å². The fourth-order valence-electron chi connectivity index (χ4n) is 3.86. The molecule has 0 radical (unpaired) electrons. The highest BCUT2D eigenvalue weighted by Gasteiger charge is 2.30. The van der Waals surface area contributed by atoms with Gasteiger partial charge in [-0.1, -0.05) is 30.3 Å². The molecule has 0 saturated carbocycles. The first-order valence-corrected chi connectivity index (χ1v) is 11.0. The van der Waals surface area contributed by atoms with Gasteiger partial charge in [0, 0.05) is 30.8 Å². The van der Waals surface area contributed by atoms with Crippen molar-refractivity contribution in [3.8, 4) is 11.5 Å². The summed E-state index contributed by atoms with van der Waals surface area (Å²) in [6.07, 6.45) is 0.457. The normalized spacial score (nSPS) is 16.1. The highest BCUT2D eigenvalue weighted by molar-refractivity contribution is 5.93. The zero-order valence-corrected chi connectivity index (χ0v) is 18.4. The van der Waals surface area contributed by atoms with E-state index in [4.69, 9.17) is 14.2 Å². The fraction of sp³-hybridized carbons (Fsp3) is 0.375. The Morgan fingerprint density at radius 3 is 2.55 bits per heavy atom. The number of rotatable bonds is 6. The van der Waals surface area contributed by atoms with Gasteiger partial charge in [0.25, 0.3) is 0 Å². The minimum atomic E-state index is -0.715. The number of nitrogens with zero attached hydrogens (tertiary/aromatic N) is 1. The van der Waals surface area contributed by atoms with Crippen LogP contribution in [0.25, 0.3) is 0 Å². The number of benzene rings is 2. The van der Waals surface area contributed by atoms with Crippen molar-refractivity contribution in [1.82, 2.24) is 10.2 Å². The number of anilines is 1. The molecule has 9 nitrogen and oxygen atoms in total. The van der Waals surface area contributed by atoms with Gasteiger partial charge in [0.1, 0.15) is 12.6 Å². The molecule has 2 aliphatic heterocycles. The molecule has 0 bridgehead atoms. The van der Waals surface area contributed by atoms with E-state index in [-0.39, 0.29) is 31.1 Å². The Bertz CT molecular complexity index is 1000. The number of hydrogen-bond acceptors (Lipinski definition) is 6. The van der Waals surface area contributed by atoms with Crippen LogP contribution in [0.2, 0.25) is 0 Å². The van der Waals surface area contributed by atoms with Crippen molar-refractivity contribution in [3.63, 3.8) is 0 Å². The van der Waals surface area contributed by atoms with E-state index in [2.05, 4.69) is 10.6 Å². The third-order valence-electron chi connectivity index (χ3n) is 5.74. The molecule has 0 aliphatic carbocycles. The van der Waals surface area contributed by atoms with Crippen molar-refractivity contribution in [1.29, 1.82) is 0 Å². The first kappa shape index (κ1) is 22.4. The number of alkyl carbamates (subject to hydrolysis) is 1. The summed E-state index contributed by atoms with van der Waals surface area (Å²) in [5.74, 6) is 0.792. The predicted molar refractivity (Wildman–Crippen MR) is 120 cm³/mol. The zero-order chi connectivity index (χ0) is 23.2. The molecule has 2 aromatic carbocycles. The molecule has 1 fully saturated rings. The third kappa shape index (κ3) is 5.74. The maximum absolute atomic E-state index is 12.7. The monoisotopic (exact) mass is 453 g/mol. The first-order valence-electron chi connectivity index (χ1n) is 11.0. The number of likely N-dealkylation sites (tertiary alicyclic amines) is 1. The molecule has 2 N–H and O–H groups in total. The molecule has 2 aliphatic rings. The van der Waals surface area contributed by atoms with Crippen molar-refractivity contribution in [2.45, 2.75) is 32.4 Å². The molecule has 2 heterocycles. The highest BCUT2D eigenvalue weighted by atomic mass is 16.7. The number of carbonyl (C=O) groups excluding carboxylic acids is 3. The number of nitrogens with one attached hydrogen (secondary N) is 2. The summed E-state index contributed by atoms with van der Waals surface area (Å²) in [5, 5.41) is 5.49. The van der Waals surface area contributed by atoms with Crippen LogP contribution >= 0.6 is 0 Å². The van der Waals surface area contributed by atoms with Crippen LogP contribution < -0.4 is 20.1 Å².